The highest BCUT2D eigenvalue weighted by Gasteiger charge is 2.19. The van der Waals surface area contributed by atoms with Gasteiger partial charge >= 0.3 is 0 Å². The molecule has 2 heterocycles. The zero-order valence-corrected chi connectivity index (χ0v) is 11.9. The number of nitrogens with zero attached hydrogens (tertiary/aromatic N) is 4. The Morgan fingerprint density at radius 1 is 1.45 bits per heavy atom. The molecule has 2 aromatic heterocycles. The Balaban J connectivity index is 2.32. The Morgan fingerprint density at radius 3 is 2.75 bits per heavy atom. The van der Waals surface area contributed by atoms with Gasteiger partial charge in [-0.2, -0.15) is 4.98 Å². The smallest absolute Gasteiger partial charge is 0.263 e. The first-order chi connectivity index (χ1) is 9.41. The first kappa shape index (κ1) is 14.0. The third kappa shape index (κ3) is 2.47. The number of hydrogen-bond acceptors (Lipinski definition) is 5. The summed E-state index contributed by atoms with van der Waals surface area (Å²) >= 11 is 0. The summed E-state index contributed by atoms with van der Waals surface area (Å²) in [7, 11) is 3.24. The van der Waals surface area contributed by atoms with Crippen molar-refractivity contribution in [2.24, 2.45) is 7.05 Å². The van der Waals surface area contributed by atoms with Crippen LogP contribution in [-0.2, 0) is 13.6 Å². The molecule has 0 fully saturated rings. The molecular weight excluding hydrogens is 260 g/mol. The van der Waals surface area contributed by atoms with E-state index in [1.54, 1.807) is 20.2 Å². The average Bonchev–Trinajstić information content (AvgIpc) is 2.92. The predicted molar refractivity (Wildman–Crippen MR) is 71.3 cm³/mol. The fraction of sp³-hybridized carbons (Fsp3) is 0.385. The molecule has 20 heavy (non-hydrogen) atoms. The fourth-order valence-electron chi connectivity index (χ4n) is 1.89. The number of rotatable bonds is 3. The molecule has 0 N–H and O–H groups in total. The van der Waals surface area contributed by atoms with Gasteiger partial charge in [0.25, 0.3) is 11.5 Å². The van der Waals surface area contributed by atoms with Crippen LogP contribution in [0.15, 0.2) is 21.8 Å². The summed E-state index contributed by atoms with van der Waals surface area (Å²) in [6.45, 7) is 3.89. The van der Waals surface area contributed by atoms with E-state index in [4.69, 9.17) is 0 Å². The molecular formula is C13H16N4O3. The van der Waals surface area contributed by atoms with Gasteiger partial charge in [0.15, 0.2) is 5.82 Å². The van der Waals surface area contributed by atoms with E-state index in [0.29, 0.717) is 5.82 Å². The molecule has 0 saturated carbocycles. The number of pyridine rings is 1. The number of carbonyl (C=O) groups excluding carboxylic acids is 1. The molecule has 0 atom stereocenters. The van der Waals surface area contributed by atoms with Crippen molar-refractivity contribution in [3.05, 3.63) is 45.5 Å². The van der Waals surface area contributed by atoms with Crippen molar-refractivity contribution >= 4 is 5.91 Å². The highest BCUT2D eigenvalue weighted by molar-refractivity contribution is 5.93. The van der Waals surface area contributed by atoms with E-state index >= 15 is 0 Å². The highest BCUT2D eigenvalue weighted by atomic mass is 16.5. The third-order valence-electron chi connectivity index (χ3n) is 3.33. The van der Waals surface area contributed by atoms with Crippen molar-refractivity contribution in [1.82, 2.24) is 19.6 Å². The van der Waals surface area contributed by atoms with Gasteiger partial charge in [-0.1, -0.05) is 5.16 Å². The van der Waals surface area contributed by atoms with Crippen LogP contribution in [0.2, 0.25) is 0 Å². The van der Waals surface area contributed by atoms with Gasteiger partial charge in [-0.15, -0.1) is 0 Å². The maximum Gasteiger partial charge on any atom is 0.263 e. The van der Waals surface area contributed by atoms with Gasteiger partial charge in [0.05, 0.1) is 6.54 Å². The molecule has 0 aliphatic carbocycles. The van der Waals surface area contributed by atoms with Crippen LogP contribution in [0.5, 0.6) is 0 Å². The second-order valence-electron chi connectivity index (χ2n) is 4.70. The number of carbonyl (C=O) groups is 1. The van der Waals surface area contributed by atoms with Crippen molar-refractivity contribution in [3.8, 4) is 0 Å². The summed E-state index contributed by atoms with van der Waals surface area (Å²) < 4.78 is 6.09. The van der Waals surface area contributed by atoms with Crippen molar-refractivity contribution in [2.75, 3.05) is 7.05 Å². The largest absolute Gasteiger partial charge is 0.343 e. The van der Waals surface area contributed by atoms with Crippen molar-refractivity contribution in [2.45, 2.75) is 20.4 Å². The molecule has 1 amide bonds. The third-order valence-corrected chi connectivity index (χ3v) is 3.33. The molecule has 7 heteroatoms. The maximum absolute atomic E-state index is 12.3. The van der Waals surface area contributed by atoms with Crippen molar-refractivity contribution in [3.63, 3.8) is 0 Å². The minimum Gasteiger partial charge on any atom is -0.343 e. The Morgan fingerprint density at radius 2 is 2.15 bits per heavy atom. The van der Waals surface area contributed by atoms with Crippen LogP contribution >= 0.6 is 0 Å². The SMILES string of the molecule is Cc1cc(C(=O)N(C)Cc2ncon2)c(=O)n(C)c1C. The number of aryl methyl sites for hydroxylation is 1. The molecule has 0 radical (unpaired) electrons. The minimum atomic E-state index is -0.362. The van der Waals surface area contributed by atoms with E-state index in [1.807, 2.05) is 13.8 Å². The molecule has 0 unspecified atom stereocenters. The zero-order chi connectivity index (χ0) is 14.9. The van der Waals surface area contributed by atoms with E-state index in [-0.39, 0.29) is 23.6 Å². The quantitative estimate of drug-likeness (QED) is 0.822. The van der Waals surface area contributed by atoms with Gasteiger partial charge in [0, 0.05) is 19.8 Å². The second-order valence-corrected chi connectivity index (χ2v) is 4.70. The molecule has 7 nitrogen and oxygen atoms in total. The van der Waals surface area contributed by atoms with Crippen LogP contribution in [0.25, 0.3) is 0 Å². The molecule has 2 aromatic rings. The van der Waals surface area contributed by atoms with E-state index in [0.717, 1.165) is 11.3 Å². The summed E-state index contributed by atoms with van der Waals surface area (Å²) in [6, 6.07) is 1.62. The maximum atomic E-state index is 12.3. The monoisotopic (exact) mass is 276 g/mol. The molecule has 0 bridgehead atoms. The Hall–Kier alpha value is -2.44. The lowest BCUT2D eigenvalue weighted by atomic mass is 10.1. The summed E-state index contributed by atoms with van der Waals surface area (Å²) in [5.41, 5.74) is 1.57. The van der Waals surface area contributed by atoms with E-state index in [2.05, 4.69) is 14.7 Å². The van der Waals surface area contributed by atoms with Crippen LogP contribution in [0.3, 0.4) is 0 Å². The summed E-state index contributed by atoms with van der Waals surface area (Å²) in [6.07, 6.45) is 1.20. The molecule has 2 rings (SSSR count). The van der Waals surface area contributed by atoms with E-state index < -0.39 is 0 Å². The molecule has 0 aromatic carbocycles. The highest BCUT2D eigenvalue weighted by Crippen LogP contribution is 2.08. The summed E-state index contributed by atoms with van der Waals surface area (Å²) in [4.78, 5) is 29.7. The van der Waals surface area contributed by atoms with Gasteiger partial charge in [-0.3, -0.25) is 9.59 Å². The standard InChI is InChI=1S/C13H16N4O3/c1-8-5-10(13(19)17(4)9(8)2)12(18)16(3)6-11-14-7-20-15-11/h5,7H,6H2,1-4H3. The van der Waals surface area contributed by atoms with E-state index in [1.165, 1.54) is 15.9 Å². The van der Waals surface area contributed by atoms with Crippen LogP contribution in [0.1, 0.15) is 27.4 Å². The van der Waals surface area contributed by atoms with Gasteiger partial charge < -0.3 is 14.0 Å². The lowest BCUT2D eigenvalue weighted by Crippen LogP contribution is -2.34. The Labute approximate surface area is 115 Å². The normalized spacial score (nSPS) is 10.6. The van der Waals surface area contributed by atoms with Gasteiger partial charge in [0.1, 0.15) is 5.56 Å². The molecule has 0 spiro atoms. The van der Waals surface area contributed by atoms with Crippen molar-refractivity contribution in [1.29, 1.82) is 0 Å². The predicted octanol–water partition coefficient (Wildman–Crippen LogP) is 0.657. The summed E-state index contributed by atoms with van der Waals surface area (Å²) in [5, 5.41) is 3.64. The van der Waals surface area contributed by atoms with Gasteiger partial charge in [-0.05, 0) is 25.5 Å². The van der Waals surface area contributed by atoms with Gasteiger partial charge in [0.2, 0.25) is 6.39 Å². The molecule has 106 valence electrons. The van der Waals surface area contributed by atoms with Crippen LogP contribution < -0.4 is 5.56 Å². The zero-order valence-electron chi connectivity index (χ0n) is 11.9. The number of hydrogen-bond donors (Lipinski definition) is 0. The number of amides is 1. The van der Waals surface area contributed by atoms with Crippen LogP contribution in [0.4, 0.5) is 0 Å². The summed E-state index contributed by atoms with van der Waals surface area (Å²) in [5.74, 6) is 0.0278. The number of aromatic nitrogens is 3. The van der Waals surface area contributed by atoms with Crippen molar-refractivity contribution < 1.29 is 9.32 Å². The van der Waals surface area contributed by atoms with Crippen LogP contribution in [0, 0.1) is 13.8 Å². The Kier molecular flexibility index (Phi) is 3.69. The Bertz CT molecular complexity index is 688. The first-order valence-corrected chi connectivity index (χ1v) is 6.09. The topological polar surface area (TPSA) is 81.2 Å². The first-order valence-electron chi connectivity index (χ1n) is 6.09. The van der Waals surface area contributed by atoms with Crippen LogP contribution in [-0.4, -0.2) is 32.6 Å². The molecule has 0 saturated heterocycles. The lowest BCUT2D eigenvalue weighted by Gasteiger charge is -2.16. The lowest BCUT2D eigenvalue weighted by molar-refractivity contribution is 0.0778. The van der Waals surface area contributed by atoms with E-state index in [9.17, 15) is 9.59 Å². The average molecular weight is 276 g/mol. The fourth-order valence-corrected chi connectivity index (χ4v) is 1.89. The molecule has 0 aliphatic heterocycles. The minimum absolute atomic E-state index is 0.140. The molecule has 0 aliphatic rings. The van der Waals surface area contributed by atoms with Gasteiger partial charge in [-0.25, -0.2) is 0 Å². The second kappa shape index (κ2) is 5.28.